The van der Waals surface area contributed by atoms with Gasteiger partial charge in [0.15, 0.2) is 5.82 Å². The number of hydrogen-bond donors (Lipinski definition) is 1. The Balaban J connectivity index is 1.70. The summed E-state index contributed by atoms with van der Waals surface area (Å²) in [5.74, 6) is 2.03. The van der Waals surface area contributed by atoms with Crippen LogP contribution in [0.25, 0.3) is 5.95 Å². The van der Waals surface area contributed by atoms with E-state index in [0.717, 1.165) is 18.9 Å². The molecule has 0 spiro atoms. The highest BCUT2D eigenvalue weighted by Crippen LogP contribution is 2.17. The molecule has 0 amide bonds. The third-order valence-corrected chi connectivity index (χ3v) is 3.29. The number of aromatic nitrogens is 8. The molecule has 2 N–H and O–H groups in total. The molecule has 3 aromatic rings. The lowest BCUT2D eigenvalue weighted by Gasteiger charge is -2.27. The molecule has 1 aliphatic rings. The van der Waals surface area contributed by atoms with Gasteiger partial charge in [-0.2, -0.15) is 15.0 Å². The van der Waals surface area contributed by atoms with Crippen LogP contribution in [-0.2, 0) is 13.1 Å². The molecule has 21 heavy (non-hydrogen) atoms. The highest BCUT2D eigenvalue weighted by Gasteiger charge is 2.21. The minimum atomic E-state index is 0.177. The zero-order valence-corrected chi connectivity index (χ0v) is 11.0. The van der Waals surface area contributed by atoms with E-state index in [4.69, 9.17) is 5.73 Å². The summed E-state index contributed by atoms with van der Waals surface area (Å²) >= 11 is 0. The molecule has 0 unspecified atom stereocenters. The van der Waals surface area contributed by atoms with Crippen molar-refractivity contribution in [3.05, 3.63) is 30.9 Å². The molecule has 4 rings (SSSR count). The van der Waals surface area contributed by atoms with Gasteiger partial charge in [-0.05, 0) is 0 Å². The summed E-state index contributed by atoms with van der Waals surface area (Å²) in [6, 6.07) is 0. The molecular formula is C11H12N10. The van der Waals surface area contributed by atoms with Gasteiger partial charge in [0.05, 0.1) is 6.54 Å². The molecule has 1 aliphatic heterocycles. The predicted octanol–water partition coefficient (Wildman–Crippen LogP) is -0.749. The molecule has 0 aromatic carbocycles. The van der Waals surface area contributed by atoms with E-state index in [9.17, 15) is 0 Å². The van der Waals surface area contributed by atoms with E-state index in [0.29, 0.717) is 18.4 Å². The quantitative estimate of drug-likeness (QED) is 0.653. The lowest BCUT2D eigenvalue weighted by Crippen LogP contribution is -2.35. The van der Waals surface area contributed by atoms with E-state index < -0.39 is 0 Å². The molecule has 0 saturated heterocycles. The summed E-state index contributed by atoms with van der Waals surface area (Å²) in [5, 5.41) is 7.98. The van der Waals surface area contributed by atoms with Crippen LogP contribution in [-0.4, -0.2) is 45.8 Å². The first kappa shape index (κ1) is 11.8. The normalized spacial score (nSPS) is 14.2. The fourth-order valence-electron chi connectivity index (χ4n) is 2.24. The first-order chi connectivity index (χ1) is 10.3. The Labute approximate surface area is 119 Å². The minimum Gasteiger partial charge on any atom is -0.368 e. The zero-order chi connectivity index (χ0) is 14.2. The molecule has 0 fully saturated rings. The summed E-state index contributed by atoms with van der Waals surface area (Å²) in [4.78, 5) is 18.8. The minimum absolute atomic E-state index is 0.177. The van der Waals surface area contributed by atoms with Crippen LogP contribution in [0.2, 0.25) is 0 Å². The number of rotatable bonds is 2. The zero-order valence-electron chi connectivity index (χ0n) is 11.0. The van der Waals surface area contributed by atoms with Crippen molar-refractivity contribution >= 4 is 11.9 Å². The van der Waals surface area contributed by atoms with Crippen molar-refractivity contribution in [2.24, 2.45) is 0 Å². The van der Waals surface area contributed by atoms with E-state index >= 15 is 0 Å². The van der Waals surface area contributed by atoms with Crippen molar-refractivity contribution in [3.8, 4) is 5.95 Å². The summed E-state index contributed by atoms with van der Waals surface area (Å²) in [5.41, 5.74) is 5.79. The molecule has 10 heteroatoms. The molecule has 106 valence electrons. The second kappa shape index (κ2) is 4.51. The fraction of sp³-hybridized carbons (Fsp3) is 0.273. The third-order valence-electron chi connectivity index (χ3n) is 3.29. The van der Waals surface area contributed by atoms with Gasteiger partial charge in [0, 0.05) is 25.5 Å². The van der Waals surface area contributed by atoms with Gasteiger partial charge >= 0.3 is 0 Å². The third kappa shape index (κ3) is 2.06. The number of nitrogens with zero attached hydrogens (tertiary/aromatic N) is 9. The Morgan fingerprint density at radius 3 is 2.81 bits per heavy atom. The van der Waals surface area contributed by atoms with E-state index in [1.807, 2.05) is 9.47 Å². The lowest BCUT2D eigenvalue weighted by atomic mass is 10.4. The summed E-state index contributed by atoms with van der Waals surface area (Å²) in [6.45, 7) is 2.14. The number of nitrogens with two attached hydrogens (primary N) is 1. The van der Waals surface area contributed by atoms with Gasteiger partial charge < -0.3 is 15.2 Å². The van der Waals surface area contributed by atoms with Crippen LogP contribution in [0.3, 0.4) is 0 Å². The number of nitrogen functional groups attached to an aromatic ring is 1. The Morgan fingerprint density at radius 1 is 1.05 bits per heavy atom. The van der Waals surface area contributed by atoms with E-state index in [-0.39, 0.29) is 5.95 Å². The molecule has 4 heterocycles. The first-order valence-electron chi connectivity index (χ1n) is 6.41. The van der Waals surface area contributed by atoms with Crippen molar-refractivity contribution in [1.29, 1.82) is 0 Å². The van der Waals surface area contributed by atoms with Crippen LogP contribution in [0.5, 0.6) is 0 Å². The molecule has 0 atom stereocenters. The topological polar surface area (TPSA) is 116 Å². The smallest absolute Gasteiger partial charge is 0.241 e. The summed E-state index contributed by atoms with van der Waals surface area (Å²) in [6.07, 6.45) is 6.76. The van der Waals surface area contributed by atoms with Crippen molar-refractivity contribution in [3.63, 3.8) is 0 Å². The molecule has 0 bridgehead atoms. The maximum absolute atomic E-state index is 5.79. The monoisotopic (exact) mass is 284 g/mol. The lowest BCUT2D eigenvalue weighted by molar-refractivity contribution is 0.550. The highest BCUT2D eigenvalue weighted by atomic mass is 15.4. The predicted molar refractivity (Wildman–Crippen MR) is 72.4 cm³/mol. The van der Waals surface area contributed by atoms with Crippen LogP contribution in [0.15, 0.2) is 25.0 Å². The van der Waals surface area contributed by atoms with Gasteiger partial charge in [-0.1, -0.05) is 0 Å². The second-order valence-corrected chi connectivity index (χ2v) is 4.63. The largest absolute Gasteiger partial charge is 0.368 e. The average Bonchev–Trinajstić information content (AvgIpc) is 3.17. The van der Waals surface area contributed by atoms with Crippen molar-refractivity contribution in [2.45, 2.75) is 13.1 Å². The highest BCUT2D eigenvalue weighted by molar-refractivity contribution is 5.38. The SMILES string of the molecule is Nc1nc(N2CCn3cnnc3C2)nc(-n2ccnc2)n1. The van der Waals surface area contributed by atoms with E-state index in [2.05, 4.69) is 30.1 Å². The average molecular weight is 284 g/mol. The van der Waals surface area contributed by atoms with Crippen molar-refractivity contribution < 1.29 is 0 Å². The van der Waals surface area contributed by atoms with Crippen molar-refractivity contribution in [1.82, 2.24) is 39.3 Å². The van der Waals surface area contributed by atoms with Crippen molar-refractivity contribution in [2.75, 3.05) is 17.2 Å². The van der Waals surface area contributed by atoms with Crippen LogP contribution in [0.1, 0.15) is 5.82 Å². The van der Waals surface area contributed by atoms with Gasteiger partial charge in [0.2, 0.25) is 17.8 Å². The number of imidazole rings is 1. The maximum Gasteiger partial charge on any atom is 0.241 e. The second-order valence-electron chi connectivity index (χ2n) is 4.63. The molecular weight excluding hydrogens is 272 g/mol. The van der Waals surface area contributed by atoms with Crippen LogP contribution < -0.4 is 10.6 Å². The van der Waals surface area contributed by atoms with Crippen LogP contribution in [0, 0.1) is 0 Å². The Bertz CT molecular complexity index is 761. The maximum atomic E-state index is 5.79. The first-order valence-corrected chi connectivity index (χ1v) is 6.41. The van der Waals surface area contributed by atoms with Gasteiger partial charge in [-0.3, -0.25) is 4.57 Å². The van der Waals surface area contributed by atoms with Gasteiger partial charge in [-0.25, -0.2) is 4.98 Å². The molecule has 0 radical (unpaired) electrons. The Kier molecular flexibility index (Phi) is 2.52. The van der Waals surface area contributed by atoms with Crippen LogP contribution >= 0.6 is 0 Å². The molecule has 0 aliphatic carbocycles. The summed E-state index contributed by atoms with van der Waals surface area (Å²) in [7, 11) is 0. The Morgan fingerprint density at radius 2 is 1.95 bits per heavy atom. The van der Waals surface area contributed by atoms with E-state index in [1.54, 1.807) is 29.6 Å². The van der Waals surface area contributed by atoms with Crippen LogP contribution in [0.4, 0.5) is 11.9 Å². The molecule has 10 nitrogen and oxygen atoms in total. The molecule has 0 saturated carbocycles. The standard InChI is InChI=1S/C11H12N10/c12-9-15-10(17-11(16-9)21-2-1-13-6-21)19-3-4-20-7-14-18-8(20)5-19/h1-2,6-7H,3-5H2,(H2,12,15,16,17). The number of hydrogen-bond acceptors (Lipinski definition) is 8. The summed E-state index contributed by atoms with van der Waals surface area (Å²) < 4.78 is 3.70. The van der Waals surface area contributed by atoms with E-state index in [1.165, 1.54) is 0 Å². The van der Waals surface area contributed by atoms with Gasteiger partial charge in [-0.15, -0.1) is 10.2 Å². The Hall–Kier alpha value is -3.04. The molecule has 3 aromatic heterocycles. The fourth-order valence-corrected chi connectivity index (χ4v) is 2.24. The number of fused-ring (bicyclic) bond motifs is 1. The van der Waals surface area contributed by atoms with Gasteiger partial charge in [0.25, 0.3) is 0 Å². The van der Waals surface area contributed by atoms with Gasteiger partial charge in [0.1, 0.15) is 12.7 Å². The number of anilines is 2.